The van der Waals surface area contributed by atoms with E-state index in [2.05, 4.69) is 10.9 Å². The summed E-state index contributed by atoms with van der Waals surface area (Å²) < 4.78 is 0. The Morgan fingerprint density at radius 2 is 2.56 bits per heavy atom. The van der Waals surface area contributed by atoms with E-state index in [1.165, 1.54) is 0 Å². The highest BCUT2D eigenvalue weighted by Crippen LogP contribution is 2.18. The molecule has 1 aliphatic rings. The van der Waals surface area contributed by atoms with Gasteiger partial charge in [-0.1, -0.05) is 11.8 Å². The Balaban J connectivity index is 2.61. The summed E-state index contributed by atoms with van der Waals surface area (Å²) in [6.45, 7) is 0. The lowest BCUT2D eigenvalue weighted by molar-refractivity contribution is -0.140. The number of nitrogens with two attached hydrogens (primary N) is 1. The fourth-order valence-corrected chi connectivity index (χ4v) is 1.11. The minimum atomic E-state index is -1.33. The Bertz CT molecular complexity index is 133. The van der Waals surface area contributed by atoms with Crippen molar-refractivity contribution in [2.24, 2.45) is 5.73 Å². The van der Waals surface area contributed by atoms with Crippen LogP contribution in [-0.4, -0.2) is 21.9 Å². The molecule has 0 saturated carbocycles. The van der Waals surface area contributed by atoms with E-state index in [-0.39, 0.29) is 0 Å². The second-order valence-corrected chi connectivity index (χ2v) is 2.85. The van der Waals surface area contributed by atoms with Crippen LogP contribution in [0, 0.1) is 0 Å². The Kier molecular flexibility index (Phi) is 1.62. The van der Waals surface area contributed by atoms with E-state index in [4.69, 9.17) is 10.8 Å². The number of nitrogens with one attached hydrogen (secondary N) is 2. The van der Waals surface area contributed by atoms with Crippen molar-refractivity contribution >= 4 is 17.7 Å². The normalized spacial score (nSPS) is 34.8. The van der Waals surface area contributed by atoms with E-state index in [1.54, 1.807) is 0 Å². The van der Waals surface area contributed by atoms with E-state index in [9.17, 15) is 4.79 Å². The monoisotopic (exact) mass is 149 g/mol. The van der Waals surface area contributed by atoms with Crippen molar-refractivity contribution in [3.63, 3.8) is 0 Å². The zero-order chi connectivity index (χ0) is 6.91. The molecular weight excluding hydrogens is 142 g/mol. The second kappa shape index (κ2) is 2.14. The van der Waals surface area contributed by atoms with Crippen LogP contribution in [-0.2, 0) is 4.79 Å². The maximum atomic E-state index is 10.3. The smallest absolute Gasteiger partial charge is 0.351 e. The lowest BCUT2D eigenvalue weighted by atomic mass is 10.5. The summed E-state index contributed by atoms with van der Waals surface area (Å²) in [5.74, 6) is -0.541. The SMILES string of the molecule is NC1(C(=O)O)NNCS1. The molecule has 0 aliphatic carbocycles. The standard InChI is InChI=1S/C3H7N3O2S/c4-3(2(7)8)6-5-1-9-3/h5-6H,1,4H2,(H,7,8). The molecular formula is C3H7N3O2S. The Morgan fingerprint density at radius 1 is 1.89 bits per heavy atom. The van der Waals surface area contributed by atoms with E-state index in [1.807, 2.05) is 0 Å². The van der Waals surface area contributed by atoms with Crippen molar-refractivity contribution in [1.29, 1.82) is 0 Å². The van der Waals surface area contributed by atoms with Crippen LogP contribution >= 0.6 is 11.8 Å². The fourth-order valence-electron chi connectivity index (χ4n) is 0.469. The summed E-state index contributed by atoms with van der Waals surface area (Å²) in [6.07, 6.45) is 0. The molecule has 0 radical (unpaired) electrons. The fraction of sp³-hybridized carbons (Fsp3) is 0.667. The van der Waals surface area contributed by atoms with Crippen LogP contribution in [0.5, 0.6) is 0 Å². The first-order valence-electron chi connectivity index (χ1n) is 2.31. The van der Waals surface area contributed by atoms with Gasteiger partial charge in [0.05, 0.1) is 5.88 Å². The van der Waals surface area contributed by atoms with Crippen LogP contribution < -0.4 is 16.6 Å². The molecule has 1 saturated heterocycles. The molecule has 0 aromatic carbocycles. The lowest BCUT2D eigenvalue weighted by Crippen LogP contribution is -2.56. The van der Waals surface area contributed by atoms with Crippen LogP contribution in [0.25, 0.3) is 0 Å². The molecule has 1 unspecified atom stereocenters. The number of carboxylic acids is 1. The Labute approximate surface area is 56.0 Å². The average Bonchev–Trinajstić information content (AvgIpc) is 2.16. The topological polar surface area (TPSA) is 87.4 Å². The van der Waals surface area contributed by atoms with E-state index in [0.717, 1.165) is 11.8 Å². The van der Waals surface area contributed by atoms with Crippen molar-refractivity contribution in [3.8, 4) is 0 Å². The Hall–Kier alpha value is -0.300. The highest BCUT2D eigenvalue weighted by atomic mass is 32.2. The van der Waals surface area contributed by atoms with Gasteiger partial charge in [-0.3, -0.25) is 5.73 Å². The number of rotatable bonds is 1. The molecule has 0 amide bonds. The molecule has 1 heterocycles. The number of thioether (sulfide) groups is 1. The van der Waals surface area contributed by atoms with Crippen molar-refractivity contribution in [3.05, 3.63) is 0 Å². The molecule has 5 N–H and O–H groups in total. The van der Waals surface area contributed by atoms with E-state index < -0.39 is 11.0 Å². The summed E-state index contributed by atoms with van der Waals surface area (Å²) in [6, 6.07) is 0. The third-order valence-electron chi connectivity index (χ3n) is 0.964. The molecule has 52 valence electrons. The van der Waals surface area contributed by atoms with Gasteiger partial charge in [0.1, 0.15) is 0 Å². The lowest BCUT2D eigenvalue weighted by Gasteiger charge is -2.14. The summed E-state index contributed by atoms with van der Waals surface area (Å²) >= 11 is 1.11. The van der Waals surface area contributed by atoms with Crippen LogP contribution in [0.3, 0.4) is 0 Å². The first kappa shape index (κ1) is 6.81. The maximum absolute atomic E-state index is 10.3. The summed E-state index contributed by atoms with van der Waals surface area (Å²) in [7, 11) is 0. The van der Waals surface area contributed by atoms with E-state index >= 15 is 0 Å². The van der Waals surface area contributed by atoms with Gasteiger partial charge >= 0.3 is 5.97 Å². The highest BCUT2D eigenvalue weighted by Gasteiger charge is 2.37. The average molecular weight is 149 g/mol. The van der Waals surface area contributed by atoms with Gasteiger partial charge in [0, 0.05) is 0 Å². The minimum Gasteiger partial charge on any atom is -0.478 e. The number of hydrazine groups is 1. The molecule has 9 heavy (non-hydrogen) atoms. The van der Waals surface area contributed by atoms with Gasteiger partial charge in [-0.2, -0.15) is 0 Å². The molecule has 6 heteroatoms. The predicted molar refractivity (Wildman–Crippen MR) is 33.3 cm³/mol. The molecule has 0 spiro atoms. The van der Waals surface area contributed by atoms with Gasteiger partial charge < -0.3 is 5.11 Å². The molecule has 0 aromatic rings. The van der Waals surface area contributed by atoms with Crippen LogP contribution in [0.1, 0.15) is 0 Å². The van der Waals surface area contributed by atoms with Crippen molar-refractivity contribution in [2.75, 3.05) is 5.88 Å². The Morgan fingerprint density at radius 3 is 2.78 bits per heavy atom. The predicted octanol–water partition coefficient (Wildman–Crippen LogP) is -1.52. The largest absolute Gasteiger partial charge is 0.478 e. The zero-order valence-corrected chi connectivity index (χ0v) is 5.36. The maximum Gasteiger partial charge on any atom is 0.351 e. The van der Waals surface area contributed by atoms with Gasteiger partial charge in [-0.25, -0.2) is 15.6 Å². The first-order chi connectivity index (χ1) is 4.15. The van der Waals surface area contributed by atoms with Crippen LogP contribution in [0.4, 0.5) is 0 Å². The quantitative estimate of drug-likeness (QED) is 0.362. The third-order valence-corrected chi connectivity index (χ3v) is 1.98. The zero-order valence-electron chi connectivity index (χ0n) is 4.55. The number of hydrogen-bond donors (Lipinski definition) is 4. The van der Waals surface area contributed by atoms with Crippen molar-refractivity contribution in [1.82, 2.24) is 10.9 Å². The van der Waals surface area contributed by atoms with E-state index in [0.29, 0.717) is 5.88 Å². The summed E-state index contributed by atoms with van der Waals surface area (Å²) in [5, 5.41) is 8.42. The van der Waals surface area contributed by atoms with Gasteiger partial charge in [0.25, 0.3) is 0 Å². The van der Waals surface area contributed by atoms with Crippen molar-refractivity contribution < 1.29 is 9.90 Å². The minimum absolute atomic E-state index is 0.517. The summed E-state index contributed by atoms with van der Waals surface area (Å²) in [5.41, 5.74) is 10.3. The van der Waals surface area contributed by atoms with Gasteiger partial charge in [-0.15, -0.1) is 0 Å². The van der Waals surface area contributed by atoms with Gasteiger partial charge in [0.15, 0.2) is 0 Å². The number of aliphatic carboxylic acids is 1. The van der Waals surface area contributed by atoms with Crippen molar-refractivity contribution in [2.45, 2.75) is 4.99 Å². The number of hydrogen-bond acceptors (Lipinski definition) is 5. The van der Waals surface area contributed by atoms with Crippen LogP contribution in [0.15, 0.2) is 0 Å². The molecule has 1 rings (SSSR count). The molecule has 0 bridgehead atoms. The molecule has 1 aliphatic heterocycles. The van der Waals surface area contributed by atoms with Crippen LogP contribution in [0.2, 0.25) is 0 Å². The first-order valence-corrected chi connectivity index (χ1v) is 3.30. The van der Waals surface area contributed by atoms with Gasteiger partial charge in [-0.05, 0) is 0 Å². The third kappa shape index (κ3) is 1.16. The molecule has 0 aromatic heterocycles. The summed E-state index contributed by atoms with van der Waals surface area (Å²) in [4.78, 5) is 8.94. The molecule has 5 nitrogen and oxygen atoms in total. The number of carbonyl (C=O) groups is 1. The highest BCUT2D eigenvalue weighted by molar-refractivity contribution is 8.01. The molecule has 1 fully saturated rings. The second-order valence-electron chi connectivity index (χ2n) is 1.63. The van der Waals surface area contributed by atoms with Gasteiger partial charge in [0.2, 0.25) is 4.99 Å². The molecule has 1 atom stereocenters. The number of carboxylic acid groups (broad SMARTS) is 1.